The first-order chi connectivity index (χ1) is 11.6. The molecule has 1 aromatic heterocycles. The summed E-state index contributed by atoms with van der Waals surface area (Å²) < 4.78 is 6.96. The van der Waals surface area contributed by atoms with Crippen molar-refractivity contribution in [1.82, 2.24) is 24.9 Å². The minimum Gasteiger partial charge on any atom is -0.450 e. The number of hydrogen-bond acceptors (Lipinski definition) is 4. The number of rotatable bonds is 5. The van der Waals surface area contributed by atoms with Gasteiger partial charge in [0, 0.05) is 38.9 Å². The number of guanidine groups is 1. The first kappa shape index (κ1) is 18.1. The molecule has 134 valence electrons. The third-order valence-corrected chi connectivity index (χ3v) is 3.79. The Morgan fingerprint density at radius 1 is 1.29 bits per heavy atom. The molecule has 2 heterocycles. The van der Waals surface area contributed by atoms with Gasteiger partial charge in [-0.3, -0.25) is 9.67 Å². The highest BCUT2D eigenvalue weighted by Gasteiger charge is 2.23. The molecule has 1 fully saturated rings. The van der Waals surface area contributed by atoms with Crippen LogP contribution in [0.15, 0.2) is 17.4 Å². The number of aliphatic imine (C=N–C) groups is 1. The Hall–Kier alpha value is -2.25. The first-order valence-corrected chi connectivity index (χ1v) is 8.58. The van der Waals surface area contributed by atoms with Crippen molar-refractivity contribution in [3.63, 3.8) is 0 Å². The standard InChI is InChI=1S/C16H28N6O2/c1-4-17-15(18-6-7-22-13-14(3)12-19-22)20-8-10-21(11-9-20)16(23)24-5-2/h12-13H,4-11H2,1-3H3,(H,17,18). The number of hydrogen-bond donors (Lipinski definition) is 1. The minimum absolute atomic E-state index is 0.229. The number of aromatic nitrogens is 2. The maximum atomic E-state index is 11.8. The molecule has 0 spiro atoms. The van der Waals surface area contributed by atoms with Crippen LogP contribution >= 0.6 is 0 Å². The van der Waals surface area contributed by atoms with Crippen molar-refractivity contribution in [3.8, 4) is 0 Å². The second kappa shape index (κ2) is 9.14. The van der Waals surface area contributed by atoms with Crippen molar-refractivity contribution in [1.29, 1.82) is 0 Å². The van der Waals surface area contributed by atoms with E-state index in [4.69, 9.17) is 4.74 Å². The fourth-order valence-corrected chi connectivity index (χ4v) is 2.59. The lowest BCUT2D eigenvalue weighted by molar-refractivity contribution is 0.0914. The number of aryl methyl sites for hydroxylation is 1. The first-order valence-electron chi connectivity index (χ1n) is 8.58. The van der Waals surface area contributed by atoms with Crippen LogP contribution in [0, 0.1) is 6.92 Å². The van der Waals surface area contributed by atoms with Crippen LogP contribution in [-0.2, 0) is 11.3 Å². The number of nitrogens with zero attached hydrogens (tertiary/aromatic N) is 5. The SMILES string of the molecule is CCNC(=NCCn1cc(C)cn1)N1CCN(C(=O)OCC)CC1. The van der Waals surface area contributed by atoms with Crippen LogP contribution in [0.3, 0.4) is 0 Å². The van der Waals surface area contributed by atoms with E-state index in [9.17, 15) is 4.79 Å². The van der Waals surface area contributed by atoms with Gasteiger partial charge in [-0.1, -0.05) is 0 Å². The Morgan fingerprint density at radius 2 is 2.00 bits per heavy atom. The van der Waals surface area contributed by atoms with Crippen molar-refractivity contribution in [3.05, 3.63) is 18.0 Å². The lowest BCUT2D eigenvalue weighted by atomic mass is 10.3. The molecule has 2 rings (SSSR count). The summed E-state index contributed by atoms with van der Waals surface area (Å²) in [5.41, 5.74) is 1.15. The molecule has 1 aromatic rings. The topological polar surface area (TPSA) is 75.0 Å². The van der Waals surface area contributed by atoms with E-state index in [0.29, 0.717) is 26.2 Å². The zero-order valence-corrected chi connectivity index (χ0v) is 14.9. The van der Waals surface area contributed by atoms with Crippen LogP contribution < -0.4 is 5.32 Å². The van der Waals surface area contributed by atoms with Gasteiger partial charge in [0.15, 0.2) is 5.96 Å². The Kier molecular flexibility index (Phi) is 6.89. The molecule has 24 heavy (non-hydrogen) atoms. The number of nitrogens with one attached hydrogen (secondary N) is 1. The zero-order chi connectivity index (χ0) is 17.4. The molecule has 1 N–H and O–H groups in total. The summed E-state index contributed by atoms with van der Waals surface area (Å²) in [6.45, 7) is 11.4. The summed E-state index contributed by atoms with van der Waals surface area (Å²) in [6.07, 6.45) is 3.64. The molecule has 1 aliphatic rings. The van der Waals surface area contributed by atoms with Crippen LogP contribution in [-0.4, -0.2) is 77.5 Å². The molecule has 0 bridgehead atoms. The molecule has 0 atom stereocenters. The highest BCUT2D eigenvalue weighted by atomic mass is 16.6. The largest absolute Gasteiger partial charge is 0.450 e. The van der Waals surface area contributed by atoms with Crippen LogP contribution in [0.4, 0.5) is 4.79 Å². The molecule has 0 unspecified atom stereocenters. The molecule has 1 amide bonds. The molecule has 0 aromatic carbocycles. The molecule has 0 aliphatic carbocycles. The summed E-state index contributed by atoms with van der Waals surface area (Å²) in [6, 6.07) is 0. The van der Waals surface area contributed by atoms with E-state index < -0.39 is 0 Å². The summed E-state index contributed by atoms with van der Waals surface area (Å²) in [5, 5.41) is 7.60. The van der Waals surface area contributed by atoms with E-state index >= 15 is 0 Å². The van der Waals surface area contributed by atoms with Crippen molar-refractivity contribution in [2.75, 3.05) is 45.9 Å². The Bertz CT molecular complexity index is 549. The summed E-state index contributed by atoms with van der Waals surface area (Å²) in [7, 11) is 0. The minimum atomic E-state index is -0.229. The summed E-state index contributed by atoms with van der Waals surface area (Å²) >= 11 is 0. The number of ether oxygens (including phenoxy) is 1. The van der Waals surface area contributed by atoms with Gasteiger partial charge in [-0.25, -0.2) is 4.79 Å². The smallest absolute Gasteiger partial charge is 0.409 e. The lowest BCUT2D eigenvalue weighted by Gasteiger charge is -2.35. The third-order valence-electron chi connectivity index (χ3n) is 3.79. The highest BCUT2D eigenvalue weighted by molar-refractivity contribution is 5.80. The molecular weight excluding hydrogens is 308 g/mol. The molecule has 8 heteroatoms. The average Bonchev–Trinajstić information content (AvgIpc) is 3.00. The maximum absolute atomic E-state index is 11.8. The Morgan fingerprint density at radius 3 is 2.58 bits per heavy atom. The van der Waals surface area contributed by atoms with Gasteiger partial charge in [-0.15, -0.1) is 0 Å². The van der Waals surface area contributed by atoms with E-state index in [1.807, 2.05) is 30.9 Å². The summed E-state index contributed by atoms with van der Waals surface area (Å²) in [4.78, 5) is 20.4. The van der Waals surface area contributed by atoms with Gasteiger partial charge in [0.1, 0.15) is 0 Å². The molecule has 1 saturated heterocycles. The fraction of sp³-hybridized carbons (Fsp3) is 0.688. The van der Waals surface area contributed by atoms with E-state index in [1.165, 1.54) is 0 Å². The van der Waals surface area contributed by atoms with Gasteiger partial charge < -0.3 is 19.9 Å². The lowest BCUT2D eigenvalue weighted by Crippen LogP contribution is -2.54. The zero-order valence-electron chi connectivity index (χ0n) is 14.9. The van der Waals surface area contributed by atoms with Gasteiger partial charge in [-0.2, -0.15) is 5.10 Å². The molecular formula is C16H28N6O2. The van der Waals surface area contributed by atoms with E-state index in [1.54, 1.807) is 4.90 Å². The fourth-order valence-electron chi connectivity index (χ4n) is 2.59. The van der Waals surface area contributed by atoms with E-state index in [2.05, 4.69) is 27.2 Å². The van der Waals surface area contributed by atoms with Crippen LogP contribution in [0.1, 0.15) is 19.4 Å². The molecule has 8 nitrogen and oxygen atoms in total. The van der Waals surface area contributed by atoms with Crippen LogP contribution in [0.2, 0.25) is 0 Å². The third kappa shape index (κ3) is 5.14. The van der Waals surface area contributed by atoms with Crippen molar-refractivity contribution in [2.45, 2.75) is 27.3 Å². The predicted octanol–water partition coefficient (Wildman–Crippen LogP) is 0.931. The number of amides is 1. The second-order valence-electron chi connectivity index (χ2n) is 5.69. The normalized spacial score (nSPS) is 15.5. The van der Waals surface area contributed by atoms with Crippen molar-refractivity contribution in [2.24, 2.45) is 4.99 Å². The Labute approximate surface area is 143 Å². The molecule has 0 saturated carbocycles. The average molecular weight is 336 g/mol. The van der Waals surface area contributed by atoms with Gasteiger partial charge in [0.25, 0.3) is 0 Å². The van der Waals surface area contributed by atoms with Gasteiger partial charge in [0.2, 0.25) is 0 Å². The van der Waals surface area contributed by atoms with E-state index in [-0.39, 0.29) is 6.09 Å². The highest BCUT2D eigenvalue weighted by Crippen LogP contribution is 2.04. The van der Waals surface area contributed by atoms with Gasteiger partial charge in [0.05, 0.1) is 25.9 Å². The van der Waals surface area contributed by atoms with Crippen LogP contribution in [0.5, 0.6) is 0 Å². The van der Waals surface area contributed by atoms with Crippen molar-refractivity contribution < 1.29 is 9.53 Å². The summed E-state index contributed by atoms with van der Waals surface area (Å²) in [5.74, 6) is 0.893. The number of carbonyl (C=O) groups is 1. The molecule has 0 radical (unpaired) electrons. The molecule has 1 aliphatic heterocycles. The van der Waals surface area contributed by atoms with Gasteiger partial charge in [-0.05, 0) is 26.3 Å². The van der Waals surface area contributed by atoms with Crippen molar-refractivity contribution >= 4 is 12.1 Å². The van der Waals surface area contributed by atoms with Crippen LogP contribution in [0.25, 0.3) is 0 Å². The second-order valence-corrected chi connectivity index (χ2v) is 5.69. The maximum Gasteiger partial charge on any atom is 0.409 e. The number of piperazine rings is 1. The number of carbonyl (C=O) groups excluding carboxylic acids is 1. The predicted molar refractivity (Wildman–Crippen MR) is 93.1 cm³/mol. The van der Waals surface area contributed by atoms with Gasteiger partial charge >= 0.3 is 6.09 Å². The quantitative estimate of drug-likeness (QED) is 0.639. The van der Waals surface area contributed by atoms with E-state index in [0.717, 1.165) is 37.7 Å². The Balaban J connectivity index is 1.86. The monoisotopic (exact) mass is 336 g/mol.